The zero-order chi connectivity index (χ0) is 22.6. The summed E-state index contributed by atoms with van der Waals surface area (Å²) in [6, 6.07) is 8.89. The van der Waals surface area contributed by atoms with Gasteiger partial charge in [-0.05, 0) is 26.3 Å². The first-order valence-corrected chi connectivity index (χ1v) is 10.3. The fraction of sp³-hybridized carbons (Fsp3) is 0.636. The number of carbonyl (C=O) groups is 2. The summed E-state index contributed by atoms with van der Waals surface area (Å²) in [6.07, 6.45) is -3.55. The monoisotopic (exact) mass is 437 g/mol. The molecule has 1 amide bonds. The van der Waals surface area contributed by atoms with E-state index in [2.05, 4.69) is 5.32 Å². The second kappa shape index (κ2) is 10.1. The van der Waals surface area contributed by atoms with Crippen molar-refractivity contribution in [3.05, 3.63) is 35.9 Å². The number of nitrogens with one attached hydrogen (secondary N) is 1. The molecule has 6 atom stereocenters. The van der Waals surface area contributed by atoms with Crippen LogP contribution in [-0.4, -0.2) is 68.1 Å². The zero-order valence-corrected chi connectivity index (χ0v) is 18.5. The third-order valence-electron chi connectivity index (χ3n) is 5.18. The van der Waals surface area contributed by atoms with Crippen LogP contribution < -0.4 is 5.32 Å². The second-order valence-corrected chi connectivity index (χ2v) is 8.13. The van der Waals surface area contributed by atoms with Crippen LogP contribution in [0.4, 0.5) is 0 Å². The molecule has 31 heavy (non-hydrogen) atoms. The summed E-state index contributed by atoms with van der Waals surface area (Å²) in [7, 11) is 1.29. The summed E-state index contributed by atoms with van der Waals surface area (Å²) >= 11 is 0. The fourth-order valence-corrected chi connectivity index (χ4v) is 3.73. The normalized spacial score (nSPS) is 30.7. The van der Waals surface area contributed by atoms with Crippen LogP contribution >= 0.6 is 0 Å². The summed E-state index contributed by atoms with van der Waals surface area (Å²) in [5.74, 6) is -1.69. The molecule has 0 saturated carbocycles. The van der Waals surface area contributed by atoms with E-state index in [4.69, 9.17) is 28.4 Å². The Morgan fingerprint density at radius 2 is 1.97 bits per heavy atom. The van der Waals surface area contributed by atoms with Gasteiger partial charge in [0.1, 0.15) is 24.4 Å². The van der Waals surface area contributed by atoms with E-state index in [1.165, 1.54) is 14.0 Å². The number of esters is 1. The quantitative estimate of drug-likeness (QED) is 0.641. The Balaban J connectivity index is 1.86. The third-order valence-corrected chi connectivity index (χ3v) is 5.18. The molecule has 3 rings (SSSR count). The summed E-state index contributed by atoms with van der Waals surface area (Å²) in [6.45, 7) is 7.08. The molecule has 2 aliphatic rings. The van der Waals surface area contributed by atoms with Gasteiger partial charge in [-0.15, -0.1) is 0 Å². The van der Waals surface area contributed by atoms with Crippen molar-refractivity contribution in [1.82, 2.24) is 5.32 Å². The smallest absolute Gasteiger partial charge is 0.334 e. The molecule has 0 aromatic heterocycles. The van der Waals surface area contributed by atoms with Crippen molar-refractivity contribution in [3.63, 3.8) is 0 Å². The number of amides is 1. The molecule has 9 nitrogen and oxygen atoms in total. The molecule has 0 radical (unpaired) electrons. The number of hydrogen-bond donors (Lipinski definition) is 1. The summed E-state index contributed by atoms with van der Waals surface area (Å²) in [5, 5.41) is 2.85. The largest absolute Gasteiger partial charge is 0.467 e. The second-order valence-electron chi connectivity index (χ2n) is 8.13. The van der Waals surface area contributed by atoms with E-state index in [9.17, 15) is 9.59 Å². The van der Waals surface area contributed by atoms with E-state index in [1.807, 2.05) is 30.3 Å². The lowest BCUT2D eigenvalue weighted by Gasteiger charge is -2.51. The maximum absolute atomic E-state index is 12.0. The number of methoxy groups -OCH3 is 1. The van der Waals surface area contributed by atoms with Crippen molar-refractivity contribution in [3.8, 4) is 0 Å². The standard InChI is InChI=1S/C22H31NO8/c1-13(20(25)26-5)29-19-17(23-14(2)24)21(27-11-15-9-7-6-8-10-15)30-16-12-28-22(3,4)31-18(16)19/h6-10,13,16-19,21H,11-12H2,1-5H3,(H,23,24)/t13-,16+,17+,18+,19+,21-/m1/s1. The Morgan fingerprint density at radius 3 is 2.61 bits per heavy atom. The minimum absolute atomic E-state index is 0.252. The van der Waals surface area contributed by atoms with E-state index < -0.39 is 48.5 Å². The molecule has 2 saturated heterocycles. The molecule has 1 aromatic carbocycles. The highest BCUT2D eigenvalue weighted by Crippen LogP contribution is 2.35. The van der Waals surface area contributed by atoms with Gasteiger partial charge in [-0.3, -0.25) is 4.79 Å². The van der Waals surface area contributed by atoms with Gasteiger partial charge in [-0.25, -0.2) is 4.79 Å². The molecule has 1 aromatic rings. The lowest BCUT2D eigenvalue weighted by atomic mass is 9.94. The Kier molecular flexibility index (Phi) is 7.66. The first kappa shape index (κ1) is 23.6. The number of carbonyl (C=O) groups excluding carboxylic acids is 2. The van der Waals surface area contributed by atoms with Gasteiger partial charge in [-0.1, -0.05) is 30.3 Å². The highest BCUT2D eigenvalue weighted by Gasteiger charge is 2.53. The number of benzene rings is 1. The van der Waals surface area contributed by atoms with Crippen LogP contribution in [0.25, 0.3) is 0 Å². The molecule has 2 heterocycles. The van der Waals surface area contributed by atoms with Gasteiger partial charge in [0.15, 0.2) is 18.2 Å². The van der Waals surface area contributed by atoms with Gasteiger partial charge in [-0.2, -0.15) is 0 Å². The Bertz CT molecular complexity index is 755. The van der Waals surface area contributed by atoms with Gasteiger partial charge in [0, 0.05) is 6.92 Å². The highest BCUT2D eigenvalue weighted by molar-refractivity contribution is 5.74. The van der Waals surface area contributed by atoms with E-state index >= 15 is 0 Å². The number of hydrogen-bond acceptors (Lipinski definition) is 8. The van der Waals surface area contributed by atoms with Crippen molar-refractivity contribution in [1.29, 1.82) is 0 Å². The van der Waals surface area contributed by atoms with Crippen LogP contribution in [0.1, 0.15) is 33.3 Å². The van der Waals surface area contributed by atoms with Crippen LogP contribution in [0.5, 0.6) is 0 Å². The average molecular weight is 437 g/mol. The molecule has 0 aliphatic carbocycles. The Morgan fingerprint density at radius 1 is 1.26 bits per heavy atom. The average Bonchev–Trinajstić information content (AvgIpc) is 2.73. The third kappa shape index (κ3) is 6.02. The lowest BCUT2D eigenvalue weighted by molar-refractivity contribution is -0.374. The van der Waals surface area contributed by atoms with Crippen LogP contribution in [-0.2, 0) is 44.6 Å². The molecule has 0 spiro atoms. The molecule has 1 N–H and O–H groups in total. The van der Waals surface area contributed by atoms with E-state index in [1.54, 1.807) is 20.8 Å². The van der Waals surface area contributed by atoms with Crippen molar-refractivity contribution >= 4 is 11.9 Å². The maximum atomic E-state index is 12.0. The van der Waals surface area contributed by atoms with Gasteiger partial charge >= 0.3 is 5.97 Å². The van der Waals surface area contributed by atoms with Gasteiger partial charge in [0.05, 0.1) is 20.3 Å². The SMILES string of the molecule is COC(=O)[C@@H](C)O[C@H]1[C@H](NC(C)=O)[C@H](OCc2ccccc2)O[C@H]2COC(C)(C)O[C@H]12. The molecule has 2 fully saturated rings. The molecule has 0 unspecified atom stereocenters. The summed E-state index contributed by atoms with van der Waals surface area (Å²) in [4.78, 5) is 24.0. The van der Waals surface area contributed by atoms with Crippen LogP contribution in [0.3, 0.4) is 0 Å². The van der Waals surface area contributed by atoms with Gasteiger partial charge < -0.3 is 33.7 Å². The number of ether oxygens (including phenoxy) is 6. The number of fused-ring (bicyclic) bond motifs is 1. The fourth-order valence-electron chi connectivity index (χ4n) is 3.73. The Labute approximate surface area is 182 Å². The first-order chi connectivity index (χ1) is 14.7. The Hall–Kier alpha value is -2.04. The van der Waals surface area contributed by atoms with Crippen molar-refractivity contribution in [2.45, 2.75) is 76.8 Å². The molecular weight excluding hydrogens is 406 g/mol. The van der Waals surface area contributed by atoms with Crippen molar-refractivity contribution < 1.29 is 38.0 Å². The maximum Gasteiger partial charge on any atom is 0.334 e. The topological polar surface area (TPSA) is 102 Å². The summed E-state index contributed by atoms with van der Waals surface area (Å²) < 4.78 is 34.9. The number of rotatable bonds is 7. The van der Waals surface area contributed by atoms with Crippen molar-refractivity contribution in [2.24, 2.45) is 0 Å². The van der Waals surface area contributed by atoms with E-state index in [0.29, 0.717) is 0 Å². The van der Waals surface area contributed by atoms with Crippen LogP contribution in [0, 0.1) is 0 Å². The molecule has 172 valence electrons. The molecular formula is C22H31NO8. The highest BCUT2D eigenvalue weighted by atomic mass is 16.8. The lowest BCUT2D eigenvalue weighted by Crippen LogP contribution is -2.69. The van der Waals surface area contributed by atoms with E-state index in [0.717, 1.165) is 5.56 Å². The zero-order valence-electron chi connectivity index (χ0n) is 18.5. The molecule has 9 heteroatoms. The van der Waals surface area contributed by atoms with Crippen molar-refractivity contribution in [2.75, 3.05) is 13.7 Å². The minimum Gasteiger partial charge on any atom is -0.467 e. The molecule has 2 aliphatic heterocycles. The van der Waals surface area contributed by atoms with E-state index in [-0.39, 0.29) is 19.1 Å². The van der Waals surface area contributed by atoms with Gasteiger partial charge in [0.2, 0.25) is 5.91 Å². The van der Waals surface area contributed by atoms with Gasteiger partial charge in [0.25, 0.3) is 0 Å². The predicted molar refractivity (Wildman–Crippen MR) is 109 cm³/mol. The predicted octanol–water partition coefficient (Wildman–Crippen LogP) is 1.53. The van der Waals surface area contributed by atoms with Crippen LogP contribution in [0.15, 0.2) is 30.3 Å². The molecule has 0 bridgehead atoms. The minimum atomic E-state index is -0.880. The summed E-state index contributed by atoms with van der Waals surface area (Å²) in [5.41, 5.74) is 0.951. The first-order valence-electron chi connectivity index (χ1n) is 10.3. The van der Waals surface area contributed by atoms with Crippen LogP contribution in [0.2, 0.25) is 0 Å².